The van der Waals surface area contributed by atoms with Crippen molar-refractivity contribution in [2.24, 2.45) is 11.5 Å². The average molecular weight is 970 g/mol. The summed E-state index contributed by atoms with van der Waals surface area (Å²) in [6, 6.07) is 17.4. The van der Waals surface area contributed by atoms with Crippen LogP contribution in [0.15, 0.2) is 91.8 Å². The molecule has 0 unspecified atom stereocenters. The van der Waals surface area contributed by atoms with Crippen molar-refractivity contribution in [3.8, 4) is 31.3 Å². The number of nitrogens with one attached hydrogen (secondary N) is 1. The average Bonchev–Trinajstić information content (AvgIpc) is 3.97. The highest BCUT2D eigenvalue weighted by Crippen LogP contribution is 2.34. The number of hydrogen-bond acceptors (Lipinski definition) is 11. The summed E-state index contributed by atoms with van der Waals surface area (Å²) >= 11 is 32.6. The molecule has 6 aromatic rings. The van der Waals surface area contributed by atoms with E-state index in [1.54, 1.807) is 89.4 Å². The van der Waals surface area contributed by atoms with Gasteiger partial charge in [0, 0.05) is 109 Å². The summed E-state index contributed by atoms with van der Waals surface area (Å²) in [5.41, 5.74) is 13.4. The maximum absolute atomic E-state index is 11.6. The van der Waals surface area contributed by atoms with Crippen LogP contribution in [-0.4, -0.2) is 45.2 Å². The second kappa shape index (κ2) is 29.6. The van der Waals surface area contributed by atoms with Gasteiger partial charge in [-0.3, -0.25) is 15.0 Å². The molecule has 0 aromatic carbocycles. The van der Waals surface area contributed by atoms with Crippen molar-refractivity contribution in [1.82, 2.24) is 20.3 Å². The number of hydrogen-bond donors (Lipinski definition) is 3. The normalized spacial score (nSPS) is 10.1. The van der Waals surface area contributed by atoms with E-state index in [1.807, 2.05) is 71.0 Å². The molecule has 316 valence electrons. The maximum Gasteiger partial charge on any atom is 0.407 e. The van der Waals surface area contributed by atoms with Gasteiger partial charge in [-0.15, -0.1) is 69.6 Å². The summed E-state index contributed by atoms with van der Waals surface area (Å²) in [6.07, 6.45) is 9.89. The maximum atomic E-state index is 11.6. The Morgan fingerprint density at radius 1 is 0.655 bits per heavy atom. The molecule has 6 heterocycles. The molecule has 0 aliphatic carbocycles. The van der Waals surface area contributed by atoms with Crippen molar-refractivity contribution in [3.05, 3.63) is 121 Å². The Hall–Kier alpha value is -2.56. The number of pyridine rings is 3. The first-order valence-corrected chi connectivity index (χ1v) is 22.1. The van der Waals surface area contributed by atoms with Crippen LogP contribution < -0.4 is 16.8 Å². The molecule has 0 radical (unpaired) electrons. The molecule has 5 N–H and O–H groups in total. The number of thiophene rings is 3. The van der Waals surface area contributed by atoms with E-state index < -0.39 is 11.7 Å². The molecule has 18 heteroatoms. The molecule has 1 amide bonds. The van der Waals surface area contributed by atoms with E-state index in [9.17, 15) is 4.79 Å². The molecule has 6 aromatic heterocycles. The molecule has 0 spiro atoms. The molecule has 0 saturated heterocycles. The van der Waals surface area contributed by atoms with Crippen molar-refractivity contribution in [2.45, 2.75) is 59.9 Å². The number of nitrogens with zero attached hydrogens (tertiary/aromatic N) is 3. The van der Waals surface area contributed by atoms with Crippen LogP contribution >= 0.6 is 104 Å². The number of alkyl halides is 2. The minimum atomic E-state index is -0.492. The van der Waals surface area contributed by atoms with Gasteiger partial charge >= 0.3 is 6.09 Å². The first-order valence-electron chi connectivity index (χ1n) is 17.4. The number of alkyl carbamates (subject to hydrolysis) is 1. The van der Waals surface area contributed by atoms with Gasteiger partial charge in [-0.25, -0.2) is 4.79 Å². The fourth-order valence-electron chi connectivity index (χ4n) is 4.24. The summed E-state index contributed by atoms with van der Waals surface area (Å²) in [5, 5.41) is 5.05. The van der Waals surface area contributed by atoms with Crippen LogP contribution in [0, 0.1) is 0 Å². The lowest BCUT2D eigenvalue weighted by Crippen LogP contribution is -2.31. The van der Waals surface area contributed by atoms with Crippen LogP contribution in [0.1, 0.15) is 49.3 Å². The summed E-state index contributed by atoms with van der Waals surface area (Å²) in [4.78, 5) is 30.4. The third-order valence-electron chi connectivity index (χ3n) is 6.70. The molecule has 58 heavy (non-hydrogen) atoms. The molecule has 6 rings (SSSR count). The monoisotopic (exact) mass is 966 g/mol. The summed E-state index contributed by atoms with van der Waals surface area (Å²) in [6.45, 7) is 12.7. The zero-order valence-corrected chi connectivity index (χ0v) is 39.7. The lowest BCUT2D eigenvalue weighted by atomic mass is 10.2. The van der Waals surface area contributed by atoms with Gasteiger partial charge in [0.15, 0.2) is 0 Å². The Balaban J connectivity index is 0.000000403. The van der Waals surface area contributed by atoms with E-state index in [0.29, 0.717) is 24.7 Å². The Kier molecular flexibility index (Phi) is 27.3. The number of nitrogens with two attached hydrogens (primary N) is 2. The molecule has 0 fully saturated rings. The Morgan fingerprint density at radius 2 is 1.00 bits per heavy atom. The number of carbonyl (C=O) groups excluding carboxylic acids is 1. The zero-order valence-electron chi connectivity index (χ0n) is 32.6. The minimum Gasteiger partial charge on any atom is -0.444 e. The number of ether oxygens (including phenoxy) is 2. The topological polar surface area (TPSA) is 138 Å². The van der Waals surface area contributed by atoms with Crippen molar-refractivity contribution < 1.29 is 14.3 Å². The summed E-state index contributed by atoms with van der Waals surface area (Å²) in [5.74, 6) is 0. The van der Waals surface area contributed by atoms with E-state index in [1.165, 1.54) is 0 Å². The predicted octanol–water partition coefficient (Wildman–Crippen LogP) is 13.2. The van der Waals surface area contributed by atoms with Gasteiger partial charge in [0.25, 0.3) is 0 Å². The van der Waals surface area contributed by atoms with Crippen LogP contribution in [0.3, 0.4) is 0 Å². The quantitative estimate of drug-likeness (QED) is 0.122. The van der Waals surface area contributed by atoms with Gasteiger partial charge in [-0.1, -0.05) is 34.8 Å². The van der Waals surface area contributed by atoms with Crippen LogP contribution in [-0.2, 0) is 29.1 Å². The van der Waals surface area contributed by atoms with E-state index >= 15 is 0 Å². The standard InChI is InChI=1S/C15H17ClN2O2S.2C10H9ClN2S.C4H10O.CH2Cl2.ClH/c1-15(2,3)20-14(19)18-8-10-4-5-13(21-10)11-9-17-7-6-12(11)16;2*11-9-3-4-13-6-8(9)10-2-1-7(5-12)14-10;1-3-5-4-2;2-1-3;/h4-7,9H,8H2,1-3H3,(H,18,19);2*1-4,6H,5,12H2;3-4H2,1-2H3;1H2;1H. The van der Waals surface area contributed by atoms with Crippen LogP contribution in [0.4, 0.5) is 4.79 Å². The predicted molar refractivity (Wildman–Crippen MR) is 253 cm³/mol. The molecular weight excluding hydrogens is 921 g/mol. The Bertz CT molecular complexity index is 1960. The fourth-order valence-corrected chi connectivity index (χ4v) is 7.82. The van der Waals surface area contributed by atoms with Gasteiger partial charge in [-0.2, -0.15) is 0 Å². The third-order valence-corrected chi connectivity index (χ3v) is 11.1. The Morgan fingerprint density at radius 3 is 1.28 bits per heavy atom. The molecule has 9 nitrogen and oxygen atoms in total. The van der Waals surface area contributed by atoms with Crippen LogP contribution in [0.25, 0.3) is 31.3 Å². The van der Waals surface area contributed by atoms with Crippen molar-refractivity contribution in [1.29, 1.82) is 0 Å². The highest BCUT2D eigenvalue weighted by molar-refractivity contribution is 7.16. The first-order chi connectivity index (χ1) is 27.3. The lowest BCUT2D eigenvalue weighted by molar-refractivity contribution is 0.0524. The smallest absolute Gasteiger partial charge is 0.407 e. The van der Waals surface area contributed by atoms with E-state index in [4.69, 9.17) is 78.9 Å². The number of amides is 1. The van der Waals surface area contributed by atoms with Crippen molar-refractivity contribution in [3.63, 3.8) is 0 Å². The van der Waals surface area contributed by atoms with E-state index in [0.717, 1.165) is 69.2 Å². The number of halogens is 6. The van der Waals surface area contributed by atoms with Crippen LogP contribution in [0.5, 0.6) is 0 Å². The third kappa shape index (κ3) is 20.1. The largest absolute Gasteiger partial charge is 0.444 e. The lowest BCUT2D eigenvalue weighted by Gasteiger charge is -2.19. The van der Waals surface area contributed by atoms with Gasteiger partial charge < -0.3 is 26.3 Å². The highest BCUT2D eigenvalue weighted by Gasteiger charge is 2.16. The van der Waals surface area contributed by atoms with Crippen molar-refractivity contribution in [2.75, 3.05) is 18.6 Å². The molecular formula is C40H48Cl6N6O3S3. The molecule has 0 atom stereocenters. The van der Waals surface area contributed by atoms with Gasteiger partial charge in [0.2, 0.25) is 0 Å². The number of aromatic nitrogens is 3. The van der Waals surface area contributed by atoms with Gasteiger partial charge in [0.1, 0.15) is 5.60 Å². The Labute approximate surface area is 384 Å². The minimum absolute atomic E-state index is 0. The van der Waals surface area contributed by atoms with Gasteiger partial charge in [0.05, 0.1) is 27.0 Å². The molecule has 0 bridgehead atoms. The molecule has 0 aliphatic rings. The van der Waals surface area contributed by atoms with Gasteiger partial charge in [-0.05, 0) is 89.2 Å². The van der Waals surface area contributed by atoms with Crippen molar-refractivity contribution >= 4 is 111 Å². The zero-order chi connectivity index (χ0) is 42.2. The number of rotatable bonds is 9. The summed E-state index contributed by atoms with van der Waals surface area (Å²) < 4.78 is 10.0. The highest BCUT2D eigenvalue weighted by atomic mass is 35.5. The van der Waals surface area contributed by atoms with E-state index in [2.05, 4.69) is 20.3 Å². The van der Waals surface area contributed by atoms with E-state index in [-0.39, 0.29) is 17.7 Å². The second-order valence-electron chi connectivity index (χ2n) is 12.0. The molecule has 0 aliphatic heterocycles. The summed E-state index contributed by atoms with van der Waals surface area (Å²) in [7, 11) is 0. The first kappa shape index (κ1) is 53.5. The molecule has 0 saturated carbocycles. The van der Waals surface area contributed by atoms with Crippen LogP contribution in [0.2, 0.25) is 15.1 Å². The second-order valence-corrected chi connectivity index (χ2v) is 17.5. The SMILES string of the molecule is CC(C)(C)OC(=O)NCc1ccc(-c2cnccc2Cl)s1.CCOCC.Cl.ClCCl.NCc1ccc(-c2cnccc2Cl)s1.NCc1ccc(-c2cnccc2Cl)s1. The number of carbonyl (C=O) groups is 1. The fraction of sp³-hybridized carbons (Fsp3) is 0.300.